The Morgan fingerprint density at radius 2 is 1.91 bits per heavy atom. The largest absolute Gasteiger partial charge is 0.375 e. The van der Waals surface area contributed by atoms with E-state index < -0.39 is 5.60 Å². The van der Waals surface area contributed by atoms with Gasteiger partial charge in [-0.2, -0.15) is 5.10 Å². The number of aryl methyl sites for hydroxylation is 1. The monoisotopic (exact) mass is 448 g/mol. The number of aromatic nitrogens is 6. The van der Waals surface area contributed by atoms with Gasteiger partial charge in [0.2, 0.25) is 5.95 Å². The smallest absolute Gasteiger partial charge is 0.258 e. The topological polar surface area (TPSA) is 122 Å². The van der Waals surface area contributed by atoms with Crippen molar-refractivity contribution in [3.8, 4) is 22.1 Å². The third-order valence-corrected chi connectivity index (χ3v) is 6.31. The number of thiazole rings is 1. The molecule has 0 aromatic carbocycles. The Bertz CT molecular complexity index is 1300. The number of carbonyl (C=O) groups is 1. The van der Waals surface area contributed by atoms with Gasteiger partial charge in [-0.05, 0) is 23.8 Å². The Labute approximate surface area is 187 Å². The van der Waals surface area contributed by atoms with Crippen molar-refractivity contribution in [2.75, 3.05) is 18.9 Å². The summed E-state index contributed by atoms with van der Waals surface area (Å²) in [5.41, 5.74) is 0.904. The van der Waals surface area contributed by atoms with Crippen LogP contribution in [-0.4, -0.2) is 59.2 Å². The minimum Gasteiger partial charge on any atom is -0.375 e. The van der Waals surface area contributed by atoms with Gasteiger partial charge < -0.3 is 15.3 Å². The van der Waals surface area contributed by atoms with Crippen LogP contribution in [0.3, 0.4) is 0 Å². The van der Waals surface area contributed by atoms with E-state index in [-0.39, 0.29) is 5.91 Å². The molecule has 0 saturated carbocycles. The number of likely N-dealkylation sites (N-methyl/N-ethyl adjacent to an activating group) is 1. The van der Waals surface area contributed by atoms with Crippen LogP contribution >= 0.6 is 11.3 Å². The molecule has 1 unspecified atom stereocenters. The fourth-order valence-electron chi connectivity index (χ4n) is 3.61. The zero-order chi connectivity index (χ0) is 22.3. The summed E-state index contributed by atoms with van der Waals surface area (Å²) in [4.78, 5) is 31.9. The first kappa shape index (κ1) is 20.2. The Morgan fingerprint density at radius 1 is 1.06 bits per heavy atom. The van der Waals surface area contributed by atoms with Gasteiger partial charge in [-0.25, -0.2) is 15.0 Å². The predicted molar refractivity (Wildman–Crippen MR) is 119 cm³/mol. The Hall–Kier alpha value is -3.70. The lowest BCUT2D eigenvalue weighted by Gasteiger charge is -2.21. The molecule has 0 radical (unpaired) electrons. The van der Waals surface area contributed by atoms with Gasteiger partial charge >= 0.3 is 0 Å². The second kappa shape index (κ2) is 7.77. The minimum atomic E-state index is -1.52. The molecule has 5 heterocycles. The van der Waals surface area contributed by atoms with Gasteiger partial charge in [-0.1, -0.05) is 0 Å². The van der Waals surface area contributed by atoms with Crippen LogP contribution in [0, 0.1) is 0 Å². The molecular weight excluding hydrogens is 428 g/mol. The summed E-state index contributed by atoms with van der Waals surface area (Å²) < 4.78 is 1.69. The fourth-order valence-corrected chi connectivity index (χ4v) is 4.39. The van der Waals surface area contributed by atoms with Gasteiger partial charge in [-0.15, -0.1) is 11.3 Å². The van der Waals surface area contributed by atoms with E-state index in [1.165, 1.54) is 16.2 Å². The van der Waals surface area contributed by atoms with E-state index in [4.69, 9.17) is 0 Å². The highest BCUT2D eigenvalue weighted by molar-refractivity contribution is 7.13. The molecule has 11 heteroatoms. The van der Waals surface area contributed by atoms with Gasteiger partial charge in [0, 0.05) is 50.9 Å². The summed E-state index contributed by atoms with van der Waals surface area (Å²) in [6.07, 6.45) is 5.29. The Balaban J connectivity index is 1.42. The van der Waals surface area contributed by atoms with E-state index in [0.717, 1.165) is 5.82 Å². The third-order valence-electron chi connectivity index (χ3n) is 5.45. The zero-order valence-corrected chi connectivity index (χ0v) is 18.2. The van der Waals surface area contributed by atoms with Crippen molar-refractivity contribution in [3.63, 3.8) is 0 Å². The zero-order valence-electron chi connectivity index (χ0n) is 17.4. The normalized spacial score (nSPS) is 18.3. The van der Waals surface area contributed by atoms with Crippen molar-refractivity contribution in [2.45, 2.75) is 12.0 Å². The van der Waals surface area contributed by atoms with Crippen molar-refractivity contribution in [1.82, 2.24) is 34.6 Å². The summed E-state index contributed by atoms with van der Waals surface area (Å²) in [7, 11) is 3.52. The van der Waals surface area contributed by atoms with Crippen LogP contribution in [0.15, 0.2) is 48.2 Å². The Kier molecular flexibility index (Phi) is 4.91. The average Bonchev–Trinajstić information content (AvgIpc) is 3.52. The number of aliphatic hydroxyl groups is 1. The average molecular weight is 449 g/mol. The Morgan fingerprint density at radius 3 is 2.66 bits per heavy atom. The van der Waals surface area contributed by atoms with Crippen LogP contribution in [0.4, 0.5) is 11.8 Å². The maximum absolute atomic E-state index is 12.4. The van der Waals surface area contributed by atoms with Crippen LogP contribution in [-0.2, 0) is 17.4 Å². The molecule has 32 heavy (non-hydrogen) atoms. The molecule has 4 aromatic heterocycles. The number of carbonyl (C=O) groups excluding carboxylic acids is 1. The number of nitrogens with zero attached hydrogens (tertiary/aromatic N) is 7. The molecule has 1 atom stereocenters. The number of amides is 1. The highest BCUT2D eigenvalue weighted by Gasteiger charge is 2.45. The van der Waals surface area contributed by atoms with Gasteiger partial charge in [0.05, 0.1) is 11.9 Å². The maximum Gasteiger partial charge on any atom is 0.258 e. The van der Waals surface area contributed by atoms with E-state index >= 15 is 0 Å². The number of nitrogens with one attached hydrogen (secondary N) is 1. The quantitative estimate of drug-likeness (QED) is 0.476. The molecule has 0 aliphatic carbocycles. The van der Waals surface area contributed by atoms with Crippen molar-refractivity contribution in [1.29, 1.82) is 0 Å². The maximum atomic E-state index is 12.4. The van der Waals surface area contributed by atoms with Crippen LogP contribution in [0.1, 0.15) is 12.0 Å². The summed E-state index contributed by atoms with van der Waals surface area (Å²) in [6.45, 7) is 0.511. The summed E-state index contributed by atoms with van der Waals surface area (Å²) in [6, 6.07) is 7.02. The van der Waals surface area contributed by atoms with Gasteiger partial charge in [0.15, 0.2) is 5.60 Å². The lowest BCUT2D eigenvalue weighted by atomic mass is 9.92. The number of likely N-dealkylation sites (tertiary alicyclic amines) is 1. The first-order chi connectivity index (χ1) is 15.4. The van der Waals surface area contributed by atoms with E-state index in [0.29, 0.717) is 46.6 Å². The summed E-state index contributed by atoms with van der Waals surface area (Å²) in [5, 5.41) is 20.8. The van der Waals surface area contributed by atoms with E-state index in [2.05, 4.69) is 30.4 Å². The van der Waals surface area contributed by atoms with E-state index in [1.54, 1.807) is 48.5 Å². The van der Waals surface area contributed by atoms with Crippen molar-refractivity contribution in [2.24, 2.45) is 7.05 Å². The first-order valence-corrected chi connectivity index (χ1v) is 10.8. The summed E-state index contributed by atoms with van der Waals surface area (Å²) >= 11 is 1.43. The standard InChI is InChI=1S/C21H20N8O2S/c1-28-10-6-21(31,19(28)30)13-3-7-22-15(11-13)16-12-32-18(25-16)14-4-8-23-20(26-14)27-17-5-9-24-29(17)2/h3-5,7-9,11-12,31H,6,10H2,1-2H3,(H,23,26,27). The molecule has 2 N–H and O–H groups in total. The SMILES string of the molecule is CN1CCC(O)(c2ccnc(-c3csc(-c4ccnc(Nc5ccnn5C)n4)n3)c2)C1=O. The molecule has 1 aliphatic rings. The van der Waals surface area contributed by atoms with Gasteiger partial charge in [-0.3, -0.25) is 14.5 Å². The fraction of sp³-hybridized carbons (Fsp3) is 0.238. The van der Waals surface area contributed by atoms with E-state index in [9.17, 15) is 9.90 Å². The second-order valence-corrected chi connectivity index (χ2v) is 8.39. The molecule has 0 spiro atoms. The number of pyridine rings is 1. The number of hydrogen-bond donors (Lipinski definition) is 2. The molecule has 0 bridgehead atoms. The summed E-state index contributed by atoms with van der Waals surface area (Å²) in [5.74, 6) is 0.908. The lowest BCUT2D eigenvalue weighted by Crippen LogP contribution is -2.36. The highest BCUT2D eigenvalue weighted by atomic mass is 32.1. The lowest BCUT2D eigenvalue weighted by molar-refractivity contribution is -0.143. The minimum absolute atomic E-state index is 0.303. The highest BCUT2D eigenvalue weighted by Crippen LogP contribution is 2.34. The van der Waals surface area contributed by atoms with Crippen LogP contribution in [0.2, 0.25) is 0 Å². The molecule has 10 nitrogen and oxygen atoms in total. The van der Waals surface area contributed by atoms with Crippen molar-refractivity contribution < 1.29 is 9.90 Å². The van der Waals surface area contributed by atoms with E-state index in [1.807, 2.05) is 18.5 Å². The van der Waals surface area contributed by atoms with Gasteiger partial charge in [0.25, 0.3) is 5.91 Å². The molecule has 5 rings (SSSR count). The van der Waals surface area contributed by atoms with Crippen molar-refractivity contribution in [3.05, 3.63) is 53.8 Å². The molecule has 1 amide bonds. The third kappa shape index (κ3) is 3.51. The molecule has 162 valence electrons. The molecule has 4 aromatic rings. The molecular formula is C21H20N8O2S. The number of rotatable bonds is 5. The van der Waals surface area contributed by atoms with Gasteiger partial charge in [0.1, 0.15) is 22.2 Å². The number of hydrogen-bond acceptors (Lipinski definition) is 9. The predicted octanol–water partition coefficient (Wildman–Crippen LogP) is 2.19. The number of anilines is 2. The van der Waals surface area contributed by atoms with Crippen LogP contribution < -0.4 is 5.32 Å². The molecule has 1 aliphatic heterocycles. The van der Waals surface area contributed by atoms with Crippen LogP contribution in [0.5, 0.6) is 0 Å². The molecule has 1 saturated heterocycles. The molecule has 1 fully saturated rings. The van der Waals surface area contributed by atoms with Crippen molar-refractivity contribution >= 4 is 29.0 Å². The van der Waals surface area contributed by atoms with Crippen LogP contribution in [0.25, 0.3) is 22.1 Å². The second-order valence-electron chi connectivity index (χ2n) is 7.54. The first-order valence-electron chi connectivity index (χ1n) is 9.93.